The van der Waals surface area contributed by atoms with Crippen molar-refractivity contribution in [1.82, 2.24) is 0 Å². The predicted octanol–water partition coefficient (Wildman–Crippen LogP) is 2.79. The van der Waals surface area contributed by atoms with Crippen LogP contribution in [0.4, 0.5) is 0 Å². The third-order valence-electron chi connectivity index (χ3n) is 1.69. The van der Waals surface area contributed by atoms with Crippen LogP contribution in [0.1, 0.15) is 5.76 Å². The summed E-state index contributed by atoms with van der Waals surface area (Å²) in [5.41, 5.74) is 2.09. The van der Waals surface area contributed by atoms with Crippen LogP contribution in [0, 0.1) is 0 Å². The molecule has 0 amide bonds. The molecule has 1 aliphatic rings. The van der Waals surface area contributed by atoms with Crippen molar-refractivity contribution in [2.45, 2.75) is 0 Å². The molecule has 11 heavy (non-hydrogen) atoms. The molecule has 0 radical (unpaired) electrons. The van der Waals surface area contributed by atoms with Crippen molar-refractivity contribution < 1.29 is 4.42 Å². The van der Waals surface area contributed by atoms with E-state index in [1.165, 1.54) is 0 Å². The summed E-state index contributed by atoms with van der Waals surface area (Å²) in [4.78, 5) is 0. The van der Waals surface area contributed by atoms with Crippen molar-refractivity contribution in [3.8, 4) is 0 Å². The molecule has 1 aliphatic carbocycles. The normalized spacial score (nSPS) is 15.6. The fourth-order valence-corrected chi connectivity index (χ4v) is 1.13. The largest absolute Gasteiger partial charge is 0.464 e. The Morgan fingerprint density at radius 1 is 1.36 bits per heavy atom. The lowest BCUT2D eigenvalue weighted by Crippen LogP contribution is -1.77. The maximum Gasteiger partial charge on any atom is 0.134 e. The SMILES string of the molecule is C=C1C=CC=C1c1ccco1. The van der Waals surface area contributed by atoms with Crippen LogP contribution in [0.2, 0.25) is 0 Å². The summed E-state index contributed by atoms with van der Waals surface area (Å²) in [6, 6.07) is 3.81. The average molecular weight is 144 g/mol. The summed E-state index contributed by atoms with van der Waals surface area (Å²) in [5, 5.41) is 0. The minimum absolute atomic E-state index is 0.889. The van der Waals surface area contributed by atoms with Gasteiger partial charge in [-0.1, -0.05) is 24.8 Å². The first-order chi connectivity index (χ1) is 5.38. The van der Waals surface area contributed by atoms with Crippen LogP contribution in [-0.2, 0) is 0 Å². The molecule has 1 heterocycles. The van der Waals surface area contributed by atoms with E-state index < -0.39 is 0 Å². The first-order valence-electron chi connectivity index (χ1n) is 3.49. The first-order valence-corrected chi connectivity index (χ1v) is 3.49. The van der Waals surface area contributed by atoms with Crippen molar-refractivity contribution >= 4 is 5.57 Å². The molecule has 0 aliphatic heterocycles. The maximum atomic E-state index is 5.22. The highest BCUT2D eigenvalue weighted by atomic mass is 16.3. The molecule has 0 N–H and O–H groups in total. The van der Waals surface area contributed by atoms with E-state index in [1.807, 2.05) is 30.4 Å². The second kappa shape index (κ2) is 2.27. The fourth-order valence-electron chi connectivity index (χ4n) is 1.13. The summed E-state index contributed by atoms with van der Waals surface area (Å²) in [7, 11) is 0. The molecule has 0 unspecified atom stereocenters. The van der Waals surface area contributed by atoms with Gasteiger partial charge in [0, 0.05) is 5.57 Å². The Morgan fingerprint density at radius 3 is 2.82 bits per heavy atom. The molecule has 1 nitrogen and oxygen atoms in total. The Bertz CT molecular complexity index is 326. The lowest BCUT2D eigenvalue weighted by molar-refractivity contribution is 0.554. The number of furan rings is 1. The Hall–Kier alpha value is -1.50. The van der Waals surface area contributed by atoms with Gasteiger partial charge in [-0.3, -0.25) is 0 Å². The molecule has 0 aromatic carbocycles. The van der Waals surface area contributed by atoms with Crippen LogP contribution in [0.5, 0.6) is 0 Å². The lowest BCUT2D eigenvalue weighted by Gasteiger charge is -1.96. The Morgan fingerprint density at radius 2 is 2.27 bits per heavy atom. The molecule has 0 bridgehead atoms. The van der Waals surface area contributed by atoms with E-state index in [0.29, 0.717) is 0 Å². The van der Waals surface area contributed by atoms with Crippen molar-refractivity contribution in [3.63, 3.8) is 0 Å². The van der Waals surface area contributed by atoms with Crippen molar-refractivity contribution in [2.24, 2.45) is 0 Å². The monoisotopic (exact) mass is 144 g/mol. The molecular formula is C10H8O. The quantitative estimate of drug-likeness (QED) is 0.590. The minimum Gasteiger partial charge on any atom is -0.464 e. The van der Waals surface area contributed by atoms with E-state index in [2.05, 4.69) is 6.58 Å². The smallest absolute Gasteiger partial charge is 0.134 e. The third-order valence-corrected chi connectivity index (χ3v) is 1.69. The van der Waals surface area contributed by atoms with Gasteiger partial charge in [-0.2, -0.15) is 0 Å². The van der Waals surface area contributed by atoms with Gasteiger partial charge < -0.3 is 4.42 Å². The summed E-state index contributed by atoms with van der Waals surface area (Å²) in [6.45, 7) is 3.88. The average Bonchev–Trinajstić information content (AvgIpc) is 2.55. The molecule has 1 heteroatoms. The highest BCUT2D eigenvalue weighted by Crippen LogP contribution is 2.26. The van der Waals surface area contributed by atoms with Crippen LogP contribution in [0.15, 0.2) is 53.2 Å². The van der Waals surface area contributed by atoms with Gasteiger partial charge in [0.25, 0.3) is 0 Å². The van der Waals surface area contributed by atoms with Crippen molar-refractivity contribution in [2.75, 3.05) is 0 Å². The van der Waals surface area contributed by atoms with E-state index in [-0.39, 0.29) is 0 Å². The zero-order valence-corrected chi connectivity index (χ0v) is 6.08. The molecule has 1 aromatic rings. The van der Waals surface area contributed by atoms with Crippen LogP contribution >= 0.6 is 0 Å². The molecule has 2 rings (SSSR count). The van der Waals surface area contributed by atoms with E-state index in [0.717, 1.165) is 16.9 Å². The summed E-state index contributed by atoms with van der Waals surface area (Å²) in [5.74, 6) is 0.889. The van der Waals surface area contributed by atoms with Gasteiger partial charge in [0.15, 0.2) is 0 Å². The number of allylic oxidation sites excluding steroid dienone is 5. The van der Waals surface area contributed by atoms with Crippen LogP contribution < -0.4 is 0 Å². The van der Waals surface area contributed by atoms with Gasteiger partial charge in [0.1, 0.15) is 5.76 Å². The van der Waals surface area contributed by atoms with Gasteiger partial charge >= 0.3 is 0 Å². The molecule has 0 saturated heterocycles. The van der Waals surface area contributed by atoms with Crippen LogP contribution in [-0.4, -0.2) is 0 Å². The number of rotatable bonds is 1. The summed E-state index contributed by atoms with van der Waals surface area (Å²) < 4.78 is 5.22. The fraction of sp³-hybridized carbons (Fsp3) is 0. The molecule has 1 aromatic heterocycles. The summed E-state index contributed by atoms with van der Waals surface area (Å²) in [6.07, 6.45) is 7.61. The lowest BCUT2D eigenvalue weighted by atomic mass is 10.1. The first kappa shape index (κ1) is 6.23. The van der Waals surface area contributed by atoms with Gasteiger partial charge in [-0.25, -0.2) is 0 Å². The van der Waals surface area contributed by atoms with Crippen molar-refractivity contribution in [3.05, 3.63) is 54.5 Å². The number of hydrogen-bond acceptors (Lipinski definition) is 1. The zero-order valence-electron chi connectivity index (χ0n) is 6.08. The summed E-state index contributed by atoms with van der Waals surface area (Å²) >= 11 is 0. The Balaban J connectivity index is 2.40. The molecule has 0 fully saturated rings. The standard InChI is InChI=1S/C10H8O/c1-8-4-2-5-9(8)10-6-3-7-11-10/h2-7H,1H2. The molecule has 0 atom stereocenters. The highest BCUT2D eigenvalue weighted by Gasteiger charge is 2.08. The van der Waals surface area contributed by atoms with E-state index in [1.54, 1.807) is 6.26 Å². The second-order valence-corrected chi connectivity index (χ2v) is 2.44. The molecule has 0 spiro atoms. The van der Waals surface area contributed by atoms with Gasteiger partial charge in [0.05, 0.1) is 6.26 Å². The molecule has 54 valence electrons. The van der Waals surface area contributed by atoms with E-state index in [9.17, 15) is 0 Å². The molecule has 0 saturated carbocycles. The topological polar surface area (TPSA) is 13.1 Å². The number of hydrogen-bond donors (Lipinski definition) is 0. The maximum absolute atomic E-state index is 5.22. The minimum atomic E-state index is 0.889. The van der Waals surface area contributed by atoms with Crippen molar-refractivity contribution in [1.29, 1.82) is 0 Å². The van der Waals surface area contributed by atoms with E-state index >= 15 is 0 Å². The Kier molecular flexibility index (Phi) is 1.29. The molecular weight excluding hydrogens is 136 g/mol. The Labute approximate surface area is 65.3 Å². The predicted molar refractivity (Wildman–Crippen MR) is 45.0 cm³/mol. The van der Waals surface area contributed by atoms with Gasteiger partial charge in [-0.15, -0.1) is 0 Å². The highest BCUT2D eigenvalue weighted by molar-refractivity contribution is 5.82. The van der Waals surface area contributed by atoms with Crippen LogP contribution in [0.3, 0.4) is 0 Å². The van der Waals surface area contributed by atoms with Gasteiger partial charge in [-0.05, 0) is 17.7 Å². The second-order valence-electron chi connectivity index (χ2n) is 2.44. The third kappa shape index (κ3) is 0.944. The van der Waals surface area contributed by atoms with E-state index in [4.69, 9.17) is 4.42 Å². The van der Waals surface area contributed by atoms with Crippen LogP contribution in [0.25, 0.3) is 5.57 Å². The zero-order chi connectivity index (χ0) is 7.68. The van der Waals surface area contributed by atoms with Gasteiger partial charge in [0.2, 0.25) is 0 Å².